The maximum absolute atomic E-state index is 11.5. The molecule has 0 aliphatic carbocycles. The molecule has 3 rings (SSSR count). The summed E-state index contributed by atoms with van der Waals surface area (Å²) < 4.78 is 1.74. The van der Waals surface area contributed by atoms with E-state index in [2.05, 4.69) is 22.1 Å². The molecule has 23 heavy (non-hydrogen) atoms. The van der Waals surface area contributed by atoms with Crippen molar-refractivity contribution in [1.82, 2.24) is 14.5 Å². The highest BCUT2D eigenvalue weighted by Gasteiger charge is 2.21. The van der Waals surface area contributed by atoms with E-state index in [0.717, 1.165) is 23.3 Å². The van der Waals surface area contributed by atoms with E-state index in [9.17, 15) is 9.90 Å². The van der Waals surface area contributed by atoms with Crippen LogP contribution in [0.2, 0.25) is 0 Å². The molecule has 1 unspecified atom stereocenters. The number of imidazole rings is 1. The average Bonchev–Trinajstić information content (AvgIpc) is 2.90. The van der Waals surface area contributed by atoms with Gasteiger partial charge in [0.25, 0.3) is 0 Å². The molecule has 0 bridgehead atoms. The van der Waals surface area contributed by atoms with Gasteiger partial charge in [-0.2, -0.15) is 0 Å². The van der Waals surface area contributed by atoms with Gasteiger partial charge in [-0.15, -0.1) is 0 Å². The summed E-state index contributed by atoms with van der Waals surface area (Å²) in [5.74, 6) is -0.121. The SMILES string of the molecule is Cc1cnc2c(c1)nc(CCc1ccccc1)n2C(C)C(=O)O. The highest BCUT2D eigenvalue weighted by molar-refractivity contribution is 5.77. The minimum atomic E-state index is -0.882. The number of carboxylic acid groups (broad SMARTS) is 1. The Bertz CT molecular complexity index is 840. The summed E-state index contributed by atoms with van der Waals surface area (Å²) in [4.78, 5) is 20.5. The minimum Gasteiger partial charge on any atom is -0.480 e. The molecule has 0 saturated heterocycles. The first-order valence-corrected chi connectivity index (χ1v) is 7.66. The minimum absolute atomic E-state index is 0.633. The van der Waals surface area contributed by atoms with Crippen molar-refractivity contribution >= 4 is 17.1 Å². The van der Waals surface area contributed by atoms with Gasteiger partial charge >= 0.3 is 5.97 Å². The lowest BCUT2D eigenvalue weighted by Crippen LogP contribution is -2.18. The fraction of sp³-hybridized carbons (Fsp3) is 0.278. The summed E-state index contributed by atoms with van der Waals surface area (Å²) in [6.45, 7) is 3.62. The van der Waals surface area contributed by atoms with Gasteiger partial charge in [0.1, 0.15) is 17.4 Å². The highest BCUT2D eigenvalue weighted by Crippen LogP contribution is 2.22. The fourth-order valence-electron chi connectivity index (χ4n) is 2.72. The van der Waals surface area contributed by atoms with E-state index >= 15 is 0 Å². The molecule has 0 spiro atoms. The summed E-state index contributed by atoms with van der Waals surface area (Å²) in [5, 5.41) is 9.40. The molecule has 1 N–H and O–H groups in total. The van der Waals surface area contributed by atoms with Crippen LogP contribution in [0.5, 0.6) is 0 Å². The van der Waals surface area contributed by atoms with Gasteiger partial charge in [-0.1, -0.05) is 30.3 Å². The molecule has 0 radical (unpaired) electrons. The van der Waals surface area contributed by atoms with Crippen LogP contribution in [0.1, 0.15) is 29.9 Å². The number of benzene rings is 1. The van der Waals surface area contributed by atoms with Crippen molar-refractivity contribution in [2.24, 2.45) is 0 Å². The second-order valence-corrected chi connectivity index (χ2v) is 5.75. The Morgan fingerprint density at radius 3 is 2.70 bits per heavy atom. The van der Waals surface area contributed by atoms with Gasteiger partial charge in [0.15, 0.2) is 5.65 Å². The molecule has 5 heteroatoms. The lowest BCUT2D eigenvalue weighted by Gasteiger charge is -2.13. The number of rotatable bonds is 5. The molecule has 3 aromatic rings. The maximum Gasteiger partial charge on any atom is 0.326 e. The number of hydrogen-bond donors (Lipinski definition) is 1. The van der Waals surface area contributed by atoms with E-state index in [1.165, 1.54) is 5.56 Å². The number of pyridine rings is 1. The van der Waals surface area contributed by atoms with Crippen LogP contribution in [0, 0.1) is 6.92 Å². The second kappa shape index (κ2) is 6.20. The molecule has 118 valence electrons. The van der Waals surface area contributed by atoms with Gasteiger partial charge in [-0.25, -0.2) is 14.8 Å². The normalized spacial score (nSPS) is 12.4. The summed E-state index contributed by atoms with van der Waals surface area (Å²) >= 11 is 0. The number of carboxylic acids is 1. The van der Waals surface area contributed by atoms with Crippen molar-refractivity contribution in [3.63, 3.8) is 0 Å². The van der Waals surface area contributed by atoms with Crippen molar-refractivity contribution in [3.8, 4) is 0 Å². The Labute approximate surface area is 134 Å². The standard InChI is InChI=1S/C18H19N3O2/c1-12-10-15-17(19-11-12)21(13(2)18(22)23)16(20-15)9-8-14-6-4-3-5-7-14/h3-7,10-11,13H,8-9H2,1-2H3,(H,22,23). The predicted molar refractivity (Wildman–Crippen MR) is 88.5 cm³/mol. The number of aryl methyl sites for hydroxylation is 3. The van der Waals surface area contributed by atoms with Gasteiger partial charge < -0.3 is 5.11 Å². The number of hydrogen-bond acceptors (Lipinski definition) is 3. The van der Waals surface area contributed by atoms with Gasteiger partial charge in [0.2, 0.25) is 0 Å². The summed E-state index contributed by atoms with van der Waals surface area (Å²) in [6, 6.07) is 11.4. The van der Waals surface area contributed by atoms with Gasteiger partial charge in [-0.3, -0.25) is 4.57 Å². The fourth-order valence-corrected chi connectivity index (χ4v) is 2.72. The lowest BCUT2D eigenvalue weighted by atomic mass is 10.1. The molecule has 2 heterocycles. The van der Waals surface area contributed by atoms with E-state index in [0.29, 0.717) is 12.1 Å². The topological polar surface area (TPSA) is 68.0 Å². The van der Waals surface area contributed by atoms with Crippen molar-refractivity contribution in [1.29, 1.82) is 0 Å². The van der Waals surface area contributed by atoms with Crippen LogP contribution in [0.25, 0.3) is 11.2 Å². The van der Waals surface area contributed by atoms with E-state index in [4.69, 9.17) is 0 Å². The smallest absolute Gasteiger partial charge is 0.326 e. The molecule has 0 aliphatic rings. The Morgan fingerprint density at radius 2 is 2.00 bits per heavy atom. The molecule has 5 nitrogen and oxygen atoms in total. The first-order chi connectivity index (χ1) is 11.1. The maximum atomic E-state index is 11.5. The molecular weight excluding hydrogens is 290 g/mol. The summed E-state index contributed by atoms with van der Waals surface area (Å²) in [6.07, 6.45) is 3.24. The van der Waals surface area contributed by atoms with Crippen LogP contribution < -0.4 is 0 Å². The zero-order valence-corrected chi connectivity index (χ0v) is 13.2. The van der Waals surface area contributed by atoms with Crippen molar-refractivity contribution in [2.75, 3.05) is 0 Å². The largest absolute Gasteiger partial charge is 0.480 e. The van der Waals surface area contributed by atoms with Crippen molar-refractivity contribution < 1.29 is 9.90 Å². The first kappa shape index (κ1) is 15.2. The third-order valence-corrected chi connectivity index (χ3v) is 3.96. The Balaban J connectivity index is 2.00. The van der Waals surface area contributed by atoms with Crippen molar-refractivity contribution in [2.45, 2.75) is 32.7 Å². The van der Waals surface area contributed by atoms with Gasteiger partial charge in [-0.05, 0) is 37.5 Å². The molecule has 2 aromatic heterocycles. The number of fused-ring (bicyclic) bond motifs is 1. The van der Waals surface area contributed by atoms with Crippen LogP contribution in [-0.4, -0.2) is 25.6 Å². The molecule has 0 fully saturated rings. The van der Waals surface area contributed by atoms with Crippen LogP contribution in [0.3, 0.4) is 0 Å². The number of aromatic nitrogens is 3. The quantitative estimate of drug-likeness (QED) is 0.786. The molecule has 1 aromatic carbocycles. The second-order valence-electron chi connectivity index (χ2n) is 5.75. The highest BCUT2D eigenvalue weighted by atomic mass is 16.4. The third-order valence-electron chi connectivity index (χ3n) is 3.96. The van der Waals surface area contributed by atoms with E-state index in [-0.39, 0.29) is 0 Å². The number of aliphatic carboxylic acids is 1. The molecular formula is C18H19N3O2. The first-order valence-electron chi connectivity index (χ1n) is 7.66. The van der Waals surface area contributed by atoms with E-state index in [1.807, 2.05) is 31.2 Å². The molecule has 0 aliphatic heterocycles. The van der Waals surface area contributed by atoms with Crippen LogP contribution in [0.15, 0.2) is 42.6 Å². The average molecular weight is 309 g/mol. The third kappa shape index (κ3) is 3.08. The summed E-state index contributed by atoms with van der Waals surface area (Å²) in [7, 11) is 0. The molecule has 0 saturated carbocycles. The van der Waals surface area contributed by atoms with Crippen molar-refractivity contribution in [3.05, 3.63) is 59.5 Å². The number of carbonyl (C=O) groups is 1. The monoisotopic (exact) mass is 309 g/mol. The Hall–Kier alpha value is -2.69. The Kier molecular flexibility index (Phi) is 4.10. The molecule has 0 amide bonds. The number of nitrogens with zero attached hydrogens (tertiary/aromatic N) is 3. The van der Waals surface area contributed by atoms with Crippen LogP contribution in [0.4, 0.5) is 0 Å². The van der Waals surface area contributed by atoms with E-state index < -0.39 is 12.0 Å². The predicted octanol–water partition coefficient (Wildman–Crippen LogP) is 3.17. The lowest BCUT2D eigenvalue weighted by molar-refractivity contribution is -0.140. The van der Waals surface area contributed by atoms with Crippen LogP contribution >= 0.6 is 0 Å². The Morgan fingerprint density at radius 1 is 1.26 bits per heavy atom. The zero-order chi connectivity index (χ0) is 16.4. The van der Waals surface area contributed by atoms with Crippen LogP contribution in [-0.2, 0) is 17.6 Å². The van der Waals surface area contributed by atoms with Gasteiger partial charge in [0.05, 0.1) is 0 Å². The summed E-state index contributed by atoms with van der Waals surface area (Å²) in [5.41, 5.74) is 3.60. The van der Waals surface area contributed by atoms with Gasteiger partial charge in [0, 0.05) is 12.6 Å². The zero-order valence-electron chi connectivity index (χ0n) is 13.2. The van der Waals surface area contributed by atoms with E-state index in [1.54, 1.807) is 17.7 Å². The molecule has 1 atom stereocenters.